The van der Waals surface area contributed by atoms with Crippen LogP contribution in [0, 0.1) is 6.92 Å². The Morgan fingerprint density at radius 1 is 1.33 bits per heavy atom. The van der Waals surface area contributed by atoms with Crippen molar-refractivity contribution in [3.63, 3.8) is 0 Å². The van der Waals surface area contributed by atoms with Crippen LogP contribution in [0.5, 0.6) is 0 Å². The highest BCUT2D eigenvalue weighted by atomic mass is 16.1. The average molecular weight is 201 g/mol. The van der Waals surface area contributed by atoms with Gasteiger partial charge in [0.05, 0.1) is 0 Å². The summed E-state index contributed by atoms with van der Waals surface area (Å²) in [4.78, 5) is 14.3. The van der Waals surface area contributed by atoms with Crippen LogP contribution >= 0.6 is 0 Å². The van der Waals surface area contributed by atoms with Gasteiger partial charge in [0.2, 0.25) is 0 Å². The van der Waals surface area contributed by atoms with E-state index in [1.165, 1.54) is 16.6 Å². The first-order valence-electron chi connectivity index (χ1n) is 5.24. The lowest BCUT2D eigenvalue weighted by atomic mass is 10.1. The maximum atomic E-state index is 10.9. The number of hydrogen-bond acceptors (Lipinski definition) is 1. The number of aromatic nitrogens is 1. The van der Waals surface area contributed by atoms with E-state index in [1.807, 2.05) is 12.1 Å². The Kier molecular flexibility index (Phi) is 2.58. The van der Waals surface area contributed by atoms with Crippen LogP contribution < -0.4 is 0 Å². The number of hydrogen-bond donors (Lipinski definition) is 1. The third-order valence-electron chi connectivity index (χ3n) is 2.80. The molecule has 0 spiro atoms. The van der Waals surface area contributed by atoms with Crippen molar-refractivity contribution < 1.29 is 4.79 Å². The van der Waals surface area contributed by atoms with Crippen LogP contribution in [0.2, 0.25) is 0 Å². The van der Waals surface area contributed by atoms with Crippen LogP contribution in [0.15, 0.2) is 24.3 Å². The van der Waals surface area contributed by atoms with Crippen molar-refractivity contribution in [2.45, 2.75) is 26.7 Å². The SMILES string of the molecule is CC(=O)CCc1[nH]c2ccccc2c1C. The molecule has 78 valence electrons. The Hall–Kier alpha value is -1.57. The molecule has 2 heteroatoms. The number of nitrogens with one attached hydrogen (secondary N) is 1. The van der Waals surface area contributed by atoms with Crippen LogP contribution in [0.25, 0.3) is 10.9 Å². The number of para-hydroxylation sites is 1. The Labute approximate surface area is 89.3 Å². The molecule has 0 saturated heterocycles. The van der Waals surface area contributed by atoms with Gasteiger partial charge in [0, 0.05) is 23.0 Å². The number of carbonyl (C=O) groups excluding carboxylic acids is 1. The summed E-state index contributed by atoms with van der Waals surface area (Å²) < 4.78 is 0. The minimum absolute atomic E-state index is 0.244. The van der Waals surface area contributed by atoms with E-state index < -0.39 is 0 Å². The van der Waals surface area contributed by atoms with E-state index in [4.69, 9.17) is 0 Å². The van der Waals surface area contributed by atoms with E-state index in [1.54, 1.807) is 6.92 Å². The number of fused-ring (bicyclic) bond motifs is 1. The molecule has 0 fully saturated rings. The zero-order valence-corrected chi connectivity index (χ0v) is 9.13. The topological polar surface area (TPSA) is 32.9 Å². The maximum Gasteiger partial charge on any atom is 0.130 e. The second kappa shape index (κ2) is 3.89. The van der Waals surface area contributed by atoms with E-state index in [9.17, 15) is 4.79 Å². The van der Waals surface area contributed by atoms with Gasteiger partial charge in [-0.2, -0.15) is 0 Å². The Morgan fingerprint density at radius 2 is 2.07 bits per heavy atom. The third-order valence-corrected chi connectivity index (χ3v) is 2.80. The highest BCUT2D eigenvalue weighted by Gasteiger charge is 2.07. The minimum Gasteiger partial charge on any atom is -0.358 e. The third kappa shape index (κ3) is 1.94. The summed E-state index contributed by atoms with van der Waals surface area (Å²) in [6.07, 6.45) is 1.43. The van der Waals surface area contributed by atoms with Crippen molar-refractivity contribution in [3.05, 3.63) is 35.5 Å². The summed E-state index contributed by atoms with van der Waals surface area (Å²) >= 11 is 0. The highest BCUT2D eigenvalue weighted by molar-refractivity contribution is 5.84. The number of Topliss-reactive ketones (excluding diaryl/α,β-unsaturated/α-hetero) is 1. The van der Waals surface area contributed by atoms with Crippen LogP contribution in [-0.2, 0) is 11.2 Å². The van der Waals surface area contributed by atoms with Crippen molar-refractivity contribution in [3.8, 4) is 0 Å². The molecule has 0 aliphatic rings. The number of rotatable bonds is 3. The normalized spacial score (nSPS) is 10.8. The molecule has 0 amide bonds. The van der Waals surface area contributed by atoms with E-state index in [-0.39, 0.29) is 5.78 Å². The molecule has 0 radical (unpaired) electrons. The summed E-state index contributed by atoms with van der Waals surface area (Å²) in [5.74, 6) is 0.244. The van der Waals surface area contributed by atoms with Crippen molar-refractivity contribution in [1.82, 2.24) is 4.98 Å². The molecule has 0 aliphatic heterocycles. The number of aromatic amines is 1. The van der Waals surface area contributed by atoms with Crippen LogP contribution in [0.3, 0.4) is 0 Å². The van der Waals surface area contributed by atoms with Crippen molar-refractivity contribution in [2.75, 3.05) is 0 Å². The summed E-state index contributed by atoms with van der Waals surface area (Å²) in [5, 5.41) is 1.26. The molecule has 1 aromatic carbocycles. The van der Waals surface area contributed by atoms with E-state index in [0.29, 0.717) is 6.42 Å². The first-order chi connectivity index (χ1) is 7.18. The van der Waals surface area contributed by atoms with Crippen molar-refractivity contribution >= 4 is 16.7 Å². The zero-order valence-electron chi connectivity index (χ0n) is 9.13. The Balaban J connectivity index is 2.36. The molecule has 1 heterocycles. The zero-order chi connectivity index (χ0) is 10.8. The van der Waals surface area contributed by atoms with Gasteiger partial charge in [0.15, 0.2) is 0 Å². The maximum absolute atomic E-state index is 10.9. The standard InChI is InChI=1S/C13H15NO/c1-9(15)7-8-12-10(2)11-5-3-4-6-13(11)14-12/h3-6,14H,7-8H2,1-2H3. The average Bonchev–Trinajstić information content (AvgIpc) is 2.54. The molecule has 2 aromatic rings. The first-order valence-corrected chi connectivity index (χ1v) is 5.24. The summed E-state index contributed by atoms with van der Waals surface area (Å²) in [5.41, 5.74) is 3.62. The van der Waals surface area contributed by atoms with Gasteiger partial charge < -0.3 is 9.78 Å². The predicted octanol–water partition coefficient (Wildman–Crippen LogP) is 3.00. The van der Waals surface area contributed by atoms with Crippen LogP contribution in [0.1, 0.15) is 24.6 Å². The number of ketones is 1. The van der Waals surface area contributed by atoms with Crippen molar-refractivity contribution in [2.24, 2.45) is 0 Å². The van der Waals surface area contributed by atoms with E-state index in [0.717, 1.165) is 11.9 Å². The van der Waals surface area contributed by atoms with Crippen LogP contribution in [0.4, 0.5) is 0 Å². The molecule has 0 atom stereocenters. The second-order valence-electron chi connectivity index (χ2n) is 3.98. The fraction of sp³-hybridized carbons (Fsp3) is 0.308. The second-order valence-corrected chi connectivity index (χ2v) is 3.98. The monoisotopic (exact) mass is 201 g/mol. The number of H-pyrrole nitrogens is 1. The fourth-order valence-corrected chi connectivity index (χ4v) is 1.89. The molecule has 1 aromatic heterocycles. The molecule has 0 bridgehead atoms. The summed E-state index contributed by atoms with van der Waals surface area (Å²) in [7, 11) is 0. The molecule has 0 unspecified atom stereocenters. The van der Waals surface area contributed by atoms with Gasteiger partial charge in [0.25, 0.3) is 0 Å². The molecular weight excluding hydrogens is 186 g/mol. The molecule has 0 saturated carbocycles. The molecule has 1 N–H and O–H groups in total. The molecule has 2 nitrogen and oxygen atoms in total. The molecule has 2 rings (SSSR count). The quantitative estimate of drug-likeness (QED) is 0.813. The van der Waals surface area contributed by atoms with Gasteiger partial charge in [-0.3, -0.25) is 0 Å². The highest BCUT2D eigenvalue weighted by Crippen LogP contribution is 2.22. The number of aryl methyl sites for hydroxylation is 2. The Bertz CT molecular complexity index is 496. The van der Waals surface area contributed by atoms with E-state index >= 15 is 0 Å². The summed E-state index contributed by atoms with van der Waals surface area (Å²) in [6, 6.07) is 8.24. The van der Waals surface area contributed by atoms with Gasteiger partial charge in [-0.15, -0.1) is 0 Å². The van der Waals surface area contributed by atoms with Crippen molar-refractivity contribution in [1.29, 1.82) is 0 Å². The lowest BCUT2D eigenvalue weighted by Gasteiger charge is -1.96. The molecule has 0 aliphatic carbocycles. The fourth-order valence-electron chi connectivity index (χ4n) is 1.89. The summed E-state index contributed by atoms with van der Waals surface area (Å²) in [6.45, 7) is 3.74. The smallest absolute Gasteiger partial charge is 0.130 e. The predicted molar refractivity (Wildman–Crippen MR) is 62.0 cm³/mol. The molecule has 15 heavy (non-hydrogen) atoms. The lowest BCUT2D eigenvalue weighted by molar-refractivity contribution is -0.116. The van der Waals surface area contributed by atoms with Gasteiger partial charge in [-0.1, -0.05) is 18.2 Å². The Morgan fingerprint density at radius 3 is 2.73 bits per heavy atom. The van der Waals surface area contributed by atoms with Gasteiger partial charge >= 0.3 is 0 Å². The van der Waals surface area contributed by atoms with Gasteiger partial charge in [-0.05, 0) is 31.9 Å². The van der Waals surface area contributed by atoms with Crippen LogP contribution in [-0.4, -0.2) is 10.8 Å². The number of benzene rings is 1. The first kappa shape index (κ1) is 9.97. The minimum atomic E-state index is 0.244. The largest absolute Gasteiger partial charge is 0.358 e. The van der Waals surface area contributed by atoms with E-state index in [2.05, 4.69) is 24.0 Å². The molecular formula is C13H15NO. The van der Waals surface area contributed by atoms with Gasteiger partial charge in [-0.25, -0.2) is 0 Å². The van der Waals surface area contributed by atoms with Gasteiger partial charge in [0.1, 0.15) is 5.78 Å². The lowest BCUT2D eigenvalue weighted by Crippen LogP contribution is -1.95. The number of carbonyl (C=O) groups is 1.